The molecule has 0 radical (unpaired) electrons. The molecule has 82 valence electrons. The predicted molar refractivity (Wildman–Crippen MR) is 65.7 cm³/mol. The van der Waals surface area contributed by atoms with Gasteiger partial charge in [-0.1, -0.05) is 31.2 Å². The molecule has 16 heavy (non-hydrogen) atoms. The minimum Gasteiger partial charge on any atom is -0.384 e. The van der Waals surface area contributed by atoms with E-state index in [0.717, 1.165) is 17.7 Å². The first-order chi connectivity index (χ1) is 7.70. The van der Waals surface area contributed by atoms with Crippen molar-refractivity contribution in [3.63, 3.8) is 0 Å². The second kappa shape index (κ2) is 4.18. The highest BCUT2D eigenvalue weighted by Crippen LogP contribution is 2.23. The third kappa shape index (κ3) is 1.95. The highest BCUT2D eigenvalue weighted by Gasteiger charge is 2.06. The van der Waals surface area contributed by atoms with Crippen LogP contribution in [0.2, 0.25) is 0 Å². The van der Waals surface area contributed by atoms with Gasteiger partial charge in [0.15, 0.2) is 0 Å². The maximum absolute atomic E-state index is 5.66. The van der Waals surface area contributed by atoms with Crippen LogP contribution in [0.5, 0.6) is 0 Å². The summed E-state index contributed by atoms with van der Waals surface area (Å²) in [6, 6.07) is 9.81. The van der Waals surface area contributed by atoms with E-state index in [1.165, 1.54) is 5.56 Å². The molecule has 1 aromatic heterocycles. The highest BCUT2D eigenvalue weighted by atomic mass is 15.0. The molecule has 0 aliphatic rings. The largest absolute Gasteiger partial charge is 0.384 e. The van der Waals surface area contributed by atoms with Gasteiger partial charge < -0.3 is 11.5 Å². The molecule has 2 aromatic rings. The van der Waals surface area contributed by atoms with E-state index in [1.54, 1.807) is 6.07 Å². The smallest absolute Gasteiger partial charge is 0.222 e. The van der Waals surface area contributed by atoms with Crippen LogP contribution in [0, 0.1) is 0 Å². The Morgan fingerprint density at radius 2 is 1.88 bits per heavy atom. The molecular weight excluding hydrogens is 200 g/mol. The minimum atomic E-state index is 0.209. The van der Waals surface area contributed by atoms with Crippen molar-refractivity contribution in [2.24, 2.45) is 0 Å². The van der Waals surface area contributed by atoms with Crippen LogP contribution in [0.3, 0.4) is 0 Å². The van der Waals surface area contributed by atoms with Crippen molar-refractivity contribution in [1.29, 1.82) is 0 Å². The van der Waals surface area contributed by atoms with Gasteiger partial charge in [-0.15, -0.1) is 0 Å². The molecular formula is C12H14N4. The average molecular weight is 214 g/mol. The van der Waals surface area contributed by atoms with Crippen molar-refractivity contribution in [1.82, 2.24) is 9.97 Å². The summed E-state index contributed by atoms with van der Waals surface area (Å²) in [7, 11) is 0. The monoisotopic (exact) mass is 214 g/mol. The summed E-state index contributed by atoms with van der Waals surface area (Å²) in [6.07, 6.45) is 0.944. The number of nitrogen functional groups attached to an aromatic ring is 2. The van der Waals surface area contributed by atoms with Gasteiger partial charge in [-0.2, -0.15) is 4.98 Å². The zero-order chi connectivity index (χ0) is 11.5. The Morgan fingerprint density at radius 1 is 1.12 bits per heavy atom. The summed E-state index contributed by atoms with van der Waals surface area (Å²) >= 11 is 0. The molecule has 0 fully saturated rings. The van der Waals surface area contributed by atoms with Gasteiger partial charge in [0, 0.05) is 11.6 Å². The third-order valence-electron chi connectivity index (χ3n) is 2.44. The molecule has 0 unspecified atom stereocenters. The molecule has 0 spiro atoms. The average Bonchev–Trinajstić information content (AvgIpc) is 2.27. The van der Waals surface area contributed by atoms with E-state index in [9.17, 15) is 0 Å². The Kier molecular flexibility index (Phi) is 2.72. The van der Waals surface area contributed by atoms with E-state index < -0.39 is 0 Å². The van der Waals surface area contributed by atoms with Crippen LogP contribution in [0.1, 0.15) is 12.5 Å². The number of nitrogens with two attached hydrogens (primary N) is 2. The van der Waals surface area contributed by atoms with Crippen molar-refractivity contribution in [3.05, 3.63) is 35.9 Å². The Labute approximate surface area is 94.3 Å². The van der Waals surface area contributed by atoms with Gasteiger partial charge >= 0.3 is 0 Å². The molecule has 4 nitrogen and oxygen atoms in total. The number of nitrogens with zero attached hydrogens (tertiary/aromatic N) is 2. The lowest BCUT2D eigenvalue weighted by molar-refractivity contribution is 1.13. The van der Waals surface area contributed by atoms with Crippen LogP contribution < -0.4 is 11.5 Å². The molecule has 0 amide bonds. The quantitative estimate of drug-likeness (QED) is 0.800. The highest BCUT2D eigenvalue weighted by molar-refractivity contribution is 5.66. The minimum absolute atomic E-state index is 0.209. The molecule has 0 aliphatic heterocycles. The van der Waals surface area contributed by atoms with Gasteiger partial charge in [-0.3, -0.25) is 0 Å². The van der Waals surface area contributed by atoms with E-state index in [2.05, 4.69) is 23.0 Å². The lowest BCUT2D eigenvalue weighted by Gasteiger charge is -2.07. The number of aryl methyl sites for hydroxylation is 1. The van der Waals surface area contributed by atoms with Gasteiger partial charge in [0.25, 0.3) is 0 Å². The first-order valence-corrected chi connectivity index (χ1v) is 5.19. The van der Waals surface area contributed by atoms with Crippen LogP contribution in [0.4, 0.5) is 11.8 Å². The zero-order valence-corrected chi connectivity index (χ0v) is 9.14. The predicted octanol–water partition coefficient (Wildman–Crippen LogP) is 1.87. The Morgan fingerprint density at radius 3 is 2.56 bits per heavy atom. The maximum atomic E-state index is 5.66. The fraction of sp³-hybridized carbons (Fsp3) is 0.167. The normalized spacial score (nSPS) is 10.3. The molecule has 2 rings (SSSR count). The Bertz CT molecular complexity index is 488. The van der Waals surface area contributed by atoms with E-state index in [-0.39, 0.29) is 5.95 Å². The van der Waals surface area contributed by atoms with Crippen LogP contribution in [-0.4, -0.2) is 9.97 Å². The van der Waals surface area contributed by atoms with Gasteiger partial charge in [0.05, 0.1) is 5.69 Å². The lowest BCUT2D eigenvalue weighted by atomic mass is 10.0. The molecule has 0 bridgehead atoms. The fourth-order valence-corrected chi connectivity index (χ4v) is 1.70. The van der Waals surface area contributed by atoms with Crippen molar-refractivity contribution >= 4 is 11.8 Å². The van der Waals surface area contributed by atoms with Crippen molar-refractivity contribution in [2.75, 3.05) is 11.5 Å². The SMILES string of the molecule is CCc1ccccc1-c1cc(N)nc(N)n1. The van der Waals surface area contributed by atoms with Gasteiger partial charge in [-0.25, -0.2) is 4.98 Å². The first-order valence-electron chi connectivity index (χ1n) is 5.19. The molecule has 4 N–H and O–H groups in total. The molecule has 0 saturated carbocycles. The lowest BCUT2D eigenvalue weighted by Crippen LogP contribution is -2.01. The number of hydrogen-bond acceptors (Lipinski definition) is 4. The summed E-state index contributed by atoms with van der Waals surface area (Å²) < 4.78 is 0. The summed E-state index contributed by atoms with van der Waals surface area (Å²) in [6.45, 7) is 2.10. The number of rotatable bonds is 2. The van der Waals surface area contributed by atoms with E-state index in [4.69, 9.17) is 11.5 Å². The standard InChI is InChI=1S/C12H14N4/c1-2-8-5-3-4-6-9(8)10-7-11(13)16-12(14)15-10/h3-7H,2H2,1H3,(H4,13,14,15,16). The summed E-state index contributed by atoms with van der Waals surface area (Å²) in [5.74, 6) is 0.606. The van der Waals surface area contributed by atoms with Crippen molar-refractivity contribution in [2.45, 2.75) is 13.3 Å². The molecule has 0 aliphatic carbocycles. The fourth-order valence-electron chi connectivity index (χ4n) is 1.70. The van der Waals surface area contributed by atoms with E-state index in [0.29, 0.717) is 5.82 Å². The van der Waals surface area contributed by atoms with Crippen LogP contribution in [-0.2, 0) is 6.42 Å². The molecule has 0 atom stereocenters. The topological polar surface area (TPSA) is 77.8 Å². The number of aromatic nitrogens is 2. The molecule has 1 aromatic carbocycles. The maximum Gasteiger partial charge on any atom is 0.222 e. The number of benzene rings is 1. The van der Waals surface area contributed by atoms with E-state index >= 15 is 0 Å². The van der Waals surface area contributed by atoms with Gasteiger partial charge in [0.1, 0.15) is 5.82 Å². The van der Waals surface area contributed by atoms with Gasteiger partial charge in [0.2, 0.25) is 5.95 Å². The third-order valence-corrected chi connectivity index (χ3v) is 2.44. The Balaban J connectivity index is 2.58. The summed E-state index contributed by atoms with van der Waals surface area (Å²) in [5, 5.41) is 0. The number of hydrogen-bond donors (Lipinski definition) is 2. The number of anilines is 2. The van der Waals surface area contributed by atoms with Crippen LogP contribution >= 0.6 is 0 Å². The second-order valence-electron chi connectivity index (χ2n) is 3.55. The van der Waals surface area contributed by atoms with Crippen LogP contribution in [0.25, 0.3) is 11.3 Å². The summed E-state index contributed by atoms with van der Waals surface area (Å²) in [5.41, 5.74) is 14.3. The van der Waals surface area contributed by atoms with Crippen molar-refractivity contribution in [3.8, 4) is 11.3 Å². The first kappa shape index (κ1) is 10.4. The molecule has 1 heterocycles. The molecule has 0 saturated heterocycles. The Hall–Kier alpha value is -2.10. The summed E-state index contributed by atoms with van der Waals surface area (Å²) in [4.78, 5) is 8.06. The van der Waals surface area contributed by atoms with Crippen LogP contribution in [0.15, 0.2) is 30.3 Å². The zero-order valence-electron chi connectivity index (χ0n) is 9.14. The van der Waals surface area contributed by atoms with Crippen molar-refractivity contribution < 1.29 is 0 Å². The molecule has 4 heteroatoms. The van der Waals surface area contributed by atoms with Gasteiger partial charge in [-0.05, 0) is 12.0 Å². The second-order valence-corrected chi connectivity index (χ2v) is 3.55. The van der Waals surface area contributed by atoms with E-state index in [1.807, 2.05) is 18.2 Å².